The van der Waals surface area contributed by atoms with Crippen LogP contribution < -0.4 is 0 Å². The summed E-state index contributed by atoms with van der Waals surface area (Å²) in [5.74, 6) is -0.315. The molecule has 0 aliphatic carbocycles. The highest BCUT2D eigenvalue weighted by atomic mass is 16.5. The van der Waals surface area contributed by atoms with Gasteiger partial charge in [-0.2, -0.15) is 0 Å². The van der Waals surface area contributed by atoms with Gasteiger partial charge in [-0.05, 0) is 31.5 Å². The second kappa shape index (κ2) is 6.24. The quantitative estimate of drug-likeness (QED) is 0.402. The topological polar surface area (TPSA) is 47.8 Å². The number of Topliss-reactive ketones (excluding diaryl/α,β-unsaturated/α-hetero) is 1. The third-order valence-corrected chi connectivity index (χ3v) is 3.98. The number of ketones is 1. The molecule has 1 aromatic carbocycles. The summed E-state index contributed by atoms with van der Waals surface area (Å²) in [4.78, 5) is 24.2. The molecular weight excluding hydrogens is 290 g/mol. The molecule has 4 heteroatoms. The molecule has 0 radical (unpaired) electrons. The highest BCUT2D eigenvalue weighted by molar-refractivity contribution is 6.12. The molecule has 2 heterocycles. The number of hydrogen-bond donors (Lipinski definition) is 0. The molecular formula is C19H19NO3. The maximum Gasteiger partial charge on any atom is 0.340 e. The van der Waals surface area contributed by atoms with Crippen molar-refractivity contribution in [2.45, 2.75) is 26.7 Å². The first-order chi connectivity index (χ1) is 11.1. The molecule has 0 unspecified atom stereocenters. The smallest absolute Gasteiger partial charge is 0.340 e. The van der Waals surface area contributed by atoms with Crippen molar-refractivity contribution >= 4 is 28.2 Å². The Morgan fingerprint density at radius 3 is 2.61 bits per heavy atom. The van der Waals surface area contributed by atoms with Gasteiger partial charge in [0.05, 0.1) is 23.2 Å². The Kier molecular flexibility index (Phi) is 4.15. The zero-order valence-corrected chi connectivity index (χ0v) is 13.3. The highest BCUT2D eigenvalue weighted by Gasteiger charge is 2.19. The molecule has 0 atom stereocenters. The summed E-state index contributed by atoms with van der Waals surface area (Å²) in [5.41, 5.74) is 2.83. The molecule has 3 rings (SSSR count). The Hall–Kier alpha value is -2.62. The van der Waals surface area contributed by atoms with Crippen molar-refractivity contribution in [2.75, 3.05) is 6.61 Å². The molecule has 0 aliphatic heterocycles. The summed E-state index contributed by atoms with van der Waals surface area (Å²) in [5, 5.41) is 0.842. The molecule has 23 heavy (non-hydrogen) atoms. The molecule has 0 amide bonds. The van der Waals surface area contributed by atoms with Gasteiger partial charge in [0, 0.05) is 17.1 Å². The van der Waals surface area contributed by atoms with Crippen molar-refractivity contribution in [3.63, 3.8) is 0 Å². The van der Waals surface area contributed by atoms with E-state index in [0.29, 0.717) is 17.7 Å². The lowest BCUT2D eigenvalue weighted by Gasteiger charge is -2.04. The summed E-state index contributed by atoms with van der Waals surface area (Å²) in [6.45, 7) is 4.01. The van der Waals surface area contributed by atoms with Crippen molar-refractivity contribution < 1.29 is 14.3 Å². The molecule has 0 aliphatic rings. The number of benzene rings is 1. The van der Waals surface area contributed by atoms with Crippen molar-refractivity contribution in [2.24, 2.45) is 0 Å². The van der Waals surface area contributed by atoms with Crippen LogP contribution in [-0.4, -0.2) is 22.8 Å². The normalized spacial score (nSPS) is 11.0. The average molecular weight is 309 g/mol. The molecule has 3 aromatic rings. The Bertz CT molecular complexity index is 892. The number of rotatable bonds is 5. The fourth-order valence-corrected chi connectivity index (χ4v) is 2.74. The van der Waals surface area contributed by atoms with Gasteiger partial charge in [0.15, 0.2) is 5.78 Å². The number of para-hydroxylation sites is 1. The van der Waals surface area contributed by atoms with Crippen molar-refractivity contribution in [1.82, 2.24) is 4.40 Å². The third kappa shape index (κ3) is 2.72. The van der Waals surface area contributed by atoms with Gasteiger partial charge in [0.25, 0.3) is 0 Å². The number of hydrogen-bond acceptors (Lipinski definition) is 3. The van der Waals surface area contributed by atoms with E-state index in [1.807, 2.05) is 34.7 Å². The molecule has 0 saturated heterocycles. The Morgan fingerprint density at radius 1 is 1.09 bits per heavy atom. The summed E-state index contributed by atoms with van der Waals surface area (Å²) >= 11 is 0. The van der Waals surface area contributed by atoms with Gasteiger partial charge in [0.2, 0.25) is 0 Å². The third-order valence-electron chi connectivity index (χ3n) is 3.98. The van der Waals surface area contributed by atoms with E-state index in [1.54, 1.807) is 12.3 Å². The maximum atomic E-state index is 12.5. The van der Waals surface area contributed by atoms with Gasteiger partial charge in [-0.3, -0.25) is 4.79 Å². The Balaban J connectivity index is 2.18. The van der Waals surface area contributed by atoms with Gasteiger partial charge < -0.3 is 9.14 Å². The number of nitrogens with zero attached hydrogens (tertiary/aromatic N) is 1. The SMILES string of the molecule is CCCCOC(=O)c1c2ccccc2n2cc(C(C)=O)ccc12. The van der Waals surface area contributed by atoms with E-state index in [1.165, 1.54) is 6.92 Å². The summed E-state index contributed by atoms with van der Waals surface area (Å²) in [6.07, 6.45) is 3.61. The standard InChI is InChI=1S/C19H19NO3/c1-3-4-11-23-19(22)18-15-7-5-6-8-16(15)20-12-14(13(2)21)9-10-17(18)20/h5-10,12H,3-4,11H2,1-2H3. The lowest BCUT2D eigenvalue weighted by Crippen LogP contribution is -2.06. The minimum atomic E-state index is -0.312. The average Bonchev–Trinajstić information content (AvgIpc) is 2.88. The van der Waals surface area contributed by atoms with E-state index in [-0.39, 0.29) is 11.8 Å². The van der Waals surface area contributed by atoms with Gasteiger partial charge in [0.1, 0.15) is 0 Å². The van der Waals surface area contributed by atoms with Gasteiger partial charge in [-0.1, -0.05) is 31.5 Å². The number of ether oxygens (including phenoxy) is 1. The minimum Gasteiger partial charge on any atom is -0.462 e. The second-order valence-corrected chi connectivity index (χ2v) is 5.61. The summed E-state index contributed by atoms with van der Waals surface area (Å²) in [6, 6.07) is 11.2. The fourth-order valence-electron chi connectivity index (χ4n) is 2.74. The van der Waals surface area contributed by atoms with Crippen LogP contribution in [0.4, 0.5) is 0 Å². The van der Waals surface area contributed by atoms with E-state index >= 15 is 0 Å². The number of carbonyl (C=O) groups is 2. The number of fused-ring (bicyclic) bond motifs is 3. The van der Waals surface area contributed by atoms with Crippen LogP contribution in [0.1, 0.15) is 47.4 Å². The van der Waals surface area contributed by atoms with E-state index in [4.69, 9.17) is 4.74 Å². The predicted octanol–water partition coefficient (Wildman–Crippen LogP) is 4.25. The van der Waals surface area contributed by atoms with Crippen LogP contribution in [-0.2, 0) is 4.74 Å². The Labute approximate surface area is 134 Å². The lowest BCUT2D eigenvalue weighted by molar-refractivity contribution is 0.0504. The second-order valence-electron chi connectivity index (χ2n) is 5.61. The first kappa shape index (κ1) is 15.3. The molecule has 0 spiro atoms. The first-order valence-electron chi connectivity index (χ1n) is 7.84. The van der Waals surface area contributed by atoms with Crippen LogP contribution in [0.15, 0.2) is 42.6 Å². The molecule has 0 fully saturated rings. The van der Waals surface area contributed by atoms with Crippen molar-refractivity contribution in [1.29, 1.82) is 0 Å². The van der Waals surface area contributed by atoms with E-state index in [9.17, 15) is 9.59 Å². The molecule has 2 aromatic heterocycles. The van der Waals surface area contributed by atoms with Gasteiger partial charge in [-0.25, -0.2) is 4.79 Å². The zero-order valence-electron chi connectivity index (χ0n) is 13.3. The summed E-state index contributed by atoms with van der Waals surface area (Å²) < 4.78 is 7.29. The van der Waals surface area contributed by atoms with Crippen LogP contribution in [0, 0.1) is 0 Å². The van der Waals surface area contributed by atoms with Gasteiger partial charge in [-0.15, -0.1) is 0 Å². The number of unbranched alkanes of at least 4 members (excludes halogenated alkanes) is 1. The number of carbonyl (C=O) groups excluding carboxylic acids is 2. The number of esters is 1. The van der Waals surface area contributed by atoms with Crippen molar-refractivity contribution in [3.8, 4) is 0 Å². The van der Waals surface area contributed by atoms with Crippen LogP contribution in [0.2, 0.25) is 0 Å². The van der Waals surface area contributed by atoms with E-state index in [0.717, 1.165) is 29.3 Å². The lowest BCUT2D eigenvalue weighted by atomic mass is 10.1. The molecule has 0 saturated carbocycles. The monoisotopic (exact) mass is 309 g/mol. The number of aromatic nitrogens is 1. The molecule has 118 valence electrons. The predicted molar refractivity (Wildman–Crippen MR) is 90.1 cm³/mol. The largest absolute Gasteiger partial charge is 0.462 e. The van der Waals surface area contributed by atoms with Gasteiger partial charge >= 0.3 is 5.97 Å². The van der Waals surface area contributed by atoms with E-state index in [2.05, 4.69) is 6.92 Å². The maximum absolute atomic E-state index is 12.5. The summed E-state index contributed by atoms with van der Waals surface area (Å²) in [7, 11) is 0. The fraction of sp³-hybridized carbons (Fsp3) is 0.263. The molecule has 4 nitrogen and oxygen atoms in total. The van der Waals surface area contributed by atoms with E-state index < -0.39 is 0 Å². The Morgan fingerprint density at radius 2 is 1.87 bits per heavy atom. The first-order valence-corrected chi connectivity index (χ1v) is 7.84. The zero-order chi connectivity index (χ0) is 16.4. The molecule has 0 bridgehead atoms. The van der Waals surface area contributed by atoms with Crippen LogP contribution in [0.5, 0.6) is 0 Å². The highest BCUT2D eigenvalue weighted by Crippen LogP contribution is 2.28. The molecule has 0 N–H and O–H groups in total. The van der Waals surface area contributed by atoms with Crippen LogP contribution in [0.3, 0.4) is 0 Å². The minimum absolute atomic E-state index is 0.00301. The van der Waals surface area contributed by atoms with Crippen LogP contribution >= 0.6 is 0 Å². The number of pyridine rings is 1. The van der Waals surface area contributed by atoms with Crippen LogP contribution in [0.25, 0.3) is 16.4 Å². The van der Waals surface area contributed by atoms with Crippen molar-refractivity contribution in [3.05, 3.63) is 53.7 Å².